The lowest BCUT2D eigenvalue weighted by molar-refractivity contribution is -0.135. The summed E-state index contributed by atoms with van der Waals surface area (Å²) in [7, 11) is 1.67. The zero-order chi connectivity index (χ0) is 43.9. The van der Waals surface area contributed by atoms with E-state index in [4.69, 9.17) is 9.72 Å². The van der Waals surface area contributed by atoms with Gasteiger partial charge in [-0.15, -0.1) is 0 Å². The van der Waals surface area contributed by atoms with E-state index in [0.29, 0.717) is 53.6 Å². The van der Waals surface area contributed by atoms with E-state index in [-0.39, 0.29) is 53.9 Å². The third-order valence-electron chi connectivity index (χ3n) is 12.9. The summed E-state index contributed by atoms with van der Waals surface area (Å²) in [5.74, 6) is 6.35. The van der Waals surface area contributed by atoms with E-state index in [0.717, 1.165) is 58.4 Å². The van der Waals surface area contributed by atoms with Gasteiger partial charge < -0.3 is 19.9 Å². The molecule has 3 atom stereocenters. The zero-order valence-corrected chi connectivity index (χ0v) is 35.7. The smallest absolute Gasteiger partial charge is 0.329 e. The number of piperidine rings is 1. The second kappa shape index (κ2) is 17.7. The van der Waals surface area contributed by atoms with Gasteiger partial charge in [0.2, 0.25) is 11.8 Å². The molecule has 1 saturated carbocycles. The van der Waals surface area contributed by atoms with Crippen LogP contribution < -0.4 is 21.2 Å². The molecule has 63 heavy (non-hydrogen) atoms. The van der Waals surface area contributed by atoms with Crippen LogP contribution in [0.3, 0.4) is 0 Å². The number of hydrogen-bond donors (Lipinski definition) is 2. The summed E-state index contributed by atoms with van der Waals surface area (Å²) in [5.41, 5.74) is 1.70. The van der Waals surface area contributed by atoms with Gasteiger partial charge in [-0.2, -0.15) is 10.2 Å². The number of imidazole rings is 1. The zero-order valence-electron chi connectivity index (χ0n) is 35.7. The Balaban J connectivity index is 0.770. The highest BCUT2D eigenvalue weighted by Gasteiger charge is 2.33. The van der Waals surface area contributed by atoms with Crippen molar-refractivity contribution >= 4 is 45.9 Å². The van der Waals surface area contributed by atoms with Crippen LogP contribution in [0.25, 0.3) is 16.7 Å². The number of alkyl halides is 2. The minimum absolute atomic E-state index is 0.0162. The van der Waals surface area contributed by atoms with E-state index in [9.17, 15) is 28.0 Å². The summed E-state index contributed by atoms with van der Waals surface area (Å²) in [4.78, 5) is 62.8. The van der Waals surface area contributed by atoms with Crippen molar-refractivity contribution < 1.29 is 27.9 Å². The van der Waals surface area contributed by atoms with Gasteiger partial charge in [-0.25, -0.2) is 23.1 Å². The molecule has 4 fully saturated rings. The van der Waals surface area contributed by atoms with Crippen molar-refractivity contribution in [1.29, 1.82) is 0 Å². The molecule has 332 valence electrons. The number of anilines is 2. The van der Waals surface area contributed by atoms with Crippen molar-refractivity contribution in [3.8, 4) is 11.8 Å². The number of imide groups is 1. The van der Waals surface area contributed by atoms with Crippen LogP contribution in [0, 0.1) is 17.8 Å². The Hall–Kier alpha value is -5.97. The lowest BCUT2D eigenvalue weighted by atomic mass is 9.85. The molecule has 1 aliphatic carbocycles. The summed E-state index contributed by atoms with van der Waals surface area (Å²) in [6, 6.07) is 6.55. The van der Waals surface area contributed by atoms with E-state index in [2.05, 4.69) is 47.4 Å². The Labute approximate surface area is 362 Å². The SMILES string of the molecule is C[C@@H]1CN(c2ccn3ncc(C(=O)Nc4cn(C5CCC(CN6CCN(CC#Cc7cccc8c7n(C)c(=O)n8C7CCC(=O)NC7=O)CC6)CC5)nc4C(F)F)c3n2)C[C@@H](C)O1. The lowest BCUT2D eigenvalue weighted by Gasteiger charge is -2.37. The fourth-order valence-corrected chi connectivity index (χ4v) is 9.70. The summed E-state index contributed by atoms with van der Waals surface area (Å²) < 4.78 is 40.6. The number of halogens is 2. The van der Waals surface area contributed by atoms with Crippen LogP contribution in [0.2, 0.25) is 0 Å². The molecule has 9 rings (SSSR count). The number of nitrogens with one attached hydrogen (secondary N) is 2. The van der Waals surface area contributed by atoms with Gasteiger partial charge in [0.25, 0.3) is 12.3 Å². The quantitative estimate of drug-likeness (QED) is 0.164. The van der Waals surface area contributed by atoms with Gasteiger partial charge in [0, 0.05) is 71.7 Å². The Bertz CT molecular complexity index is 2650. The van der Waals surface area contributed by atoms with E-state index < -0.39 is 30.0 Å². The standard InChI is InChI=1S/C44H52F2N12O5/c1-27-23-55(24-28(2)63-27)36-15-17-56-41(49-36)32(22-47-56)42(60)48-33-26-57(51-38(33)40(45)46)31-11-9-29(10-12-31)25-54-20-18-53(19-21-54)16-5-7-30-6-4-8-34-39(30)52(3)44(62)58(34)35-13-14-37(59)50-43(35)61/h4,6,8,15,17,22,26-29,31,35,40H,9-14,16,18-21,23-25H2,1-3H3,(H,48,60)(H,50,59,61)/t27-,28-,29?,31?,35?/m1/s1. The van der Waals surface area contributed by atoms with Gasteiger partial charge in [0.05, 0.1) is 53.3 Å². The number of ether oxygens (including phenoxy) is 1. The summed E-state index contributed by atoms with van der Waals surface area (Å²) in [5, 5.41) is 13.6. The maximum absolute atomic E-state index is 14.3. The number of carbonyl (C=O) groups is 3. The van der Waals surface area contributed by atoms with Crippen molar-refractivity contribution in [3.63, 3.8) is 0 Å². The number of hydrogen-bond acceptors (Lipinski definition) is 11. The molecule has 17 nitrogen and oxygen atoms in total. The molecule has 0 radical (unpaired) electrons. The molecule has 0 bridgehead atoms. The first-order valence-electron chi connectivity index (χ1n) is 21.8. The van der Waals surface area contributed by atoms with Crippen LogP contribution in [-0.2, 0) is 21.4 Å². The van der Waals surface area contributed by atoms with Gasteiger partial charge in [-0.1, -0.05) is 17.9 Å². The van der Waals surface area contributed by atoms with E-state index in [1.165, 1.54) is 26.0 Å². The maximum atomic E-state index is 14.3. The molecule has 1 aromatic carbocycles. The van der Waals surface area contributed by atoms with Gasteiger partial charge in [-0.3, -0.25) is 38.4 Å². The van der Waals surface area contributed by atoms with Gasteiger partial charge in [-0.05, 0) is 70.1 Å². The number of rotatable bonds is 9. The van der Waals surface area contributed by atoms with Crippen LogP contribution in [0.15, 0.2) is 47.7 Å². The first kappa shape index (κ1) is 42.3. The fourth-order valence-electron chi connectivity index (χ4n) is 9.70. The summed E-state index contributed by atoms with van der Waals surface area (Å²) in [6.07, 6.45) is 5.77. The number of nitrogens with zero attached hydrogens (tertiary/aromatic N) is 10. The average Bonchev–Trinajstić information content (AvgIpc) is 3.96. The van der Waals surface area contributed by atoms with E-state index >= 15 is 0 Å². The van der Waals surface area contributed by atoms with Crippen LogP contribution >= 0.6 is 0 Å². The van der Waals surface area contributed by atoms with Crippen LogP contribution in [0.4, 0.5) is 20.3 Å². The number of fused-ring (bicyclic) bond motifs is 2. The van der Waals surface area contributed by atoms with Crippen molar-refractivity contribution in [2.45, 2.75) is 83.1 Å². The molecular formula is C44H52F2N12O5. The van der Waals surface area contributed by atoms with Crippen LogP contribution in [-0.4, -0.2) is 126 Å². The van der Waals surface area contributed by atoms with Crippen molar-refractivity contribution in [2.24, 2.45) is 13.0 Å². The second-order valence-electron chi connectivity index (χ2n) is 17.3. The average molecular weight is 867 g/mol. The third kappa shape index (κ3) is 8.71. The predicted octanol–water partition coefficient (Wildman–Crippen LogP) is 3.76. The van der Waals surface area contributed by atoms with Crippen LogP contribution in [0.5, 0.6) is 0 Å². The number of amides is 3. The molecule has 5 aromatic rings. The number of morpholine rings is 1. The van der Waals surface area contributed by atoms with Gasteiger partial charge in [0.1, 0.15) is 17.4 Å². The molecule has 3 saturated heterocycles. The summed E-state index contributed by atoms with van der Waals surface area (Å²) >= 11 is 0. The topological polar surface area (TPSA) is 169 Å². The molecule has 7 heterocycles. The highest BCUT2D eigenvalue weighted by molar-refractivity contribution is 6.08. The molecule has 4 aliphatic rings. The van der Waals surface area contributed by atoms with Gasteiger partial charge >= 0.3 is 5.69 Å². The molecule has 19 heteroatoms. The highest BCUT2D eigenvalue weighted by Crippen LogP contribution is 2.36. The number of para-hydroxylation sites is 1. The molecule has 3 amide bonds. The van der Waals surface area contributed by atoms with E-state index in [1.807, 2.05) is 38.1 Å². The maximum Gasteiger partial charge on any atom is 0.329 e. The second-order valence-corrected chi connectivity index (χ2v) is 17.3. The highest BCUT2D eigenvalue weighted by atomic mass is 19.3. The Morgan fingerprint density at radius 3 is 2.48 bits per heavy atom. The Morgan fingerprint density at radius 1 is 1.00 bits per heavy atom. The normalized spacial score (nSPS) is 23.9. The minimum atomic E-state index is -2.87. The number of aryl methyl sites for hydroxylation is 1. The van der Waals surface area contributed by atoms with Crippen LogP contribution in [0.1, 0.15) is 92.5 Å². The van der Waals surface area contributed by atoms with Crippen molar-refractivity contribution in [3.05, 3.63) is 70.2 Å². The number of benzene rings is 1. The predicted molar refractivity (Wildman–Crippen MR) is 230 cm³/mol. The lowest BCUT2D eigenvalue weighted by Crippen LogP contribution is -2.48. The Kier molecular flexibility index (Phi) is 11.9. The molecule has 0 spiro atoms. The number of piperazine rings is 1. The minimum Gasteiger partial charge on any atom is -0.372 e. The third-order valence-corrected chi connectivity index (χ3v) is 12.9. The van der Waals surface area contributed by atoms with Crippen molar-refractivity contribution in [1.82, 2.24) is 48.6 Å². The molecular weight excluding hydrogens is 815 g/mol. The fraction of sp³-hybridized carbons (Fsp3) is 0.523. The molecule has 3 aliphatic heterocycles. The first-order valence-corrected chi connectivity index (χ1v) is 21.8. The van der Waals surface area contributed by atoms with Gasteiger partial charge in [0.15, 0.2) is 11.3 Å². The monoisotopic (exact) mass is 866 g/mol. The number of aromatic nitrogens is 7. The summed E-state index contributed by atoms with van der Waals surface area (Å²) in [6.45, 7) is 10.4. The molecule has 2 N–H and O–H groups in total. The van der Waals surface area contributed by atoms with Crippen molar-refractivity contribution in [2.75, 3.05) is 62.6 Å². The molecule has 1 unspecified atom stereocenters. The Morgan fingerprint density at radius 2 is 1.75 bits per heavy atom. The number of carbonyl (C=O) groups excluding carboxylic acids is 3. The van der Waals surface area contributed by atoms with E-state index in [1.54, 1.807) is 17.9 Å². The molecule has 4 aromatic heterocycles. The largest absolute Gasteiger partial charge is 0.372 e. The first-order chi connectivity index (χ1) is 30.4.